The van der Waals surface area contributed by atoms with Gasteiger partial charge in [-0.1, -0.05) is 23.2 Å². The minimum absolute atomic E-state index is 0.231. The Morgan fingerprint density at radius 3 is 2.35 bits per heavy atom. The smallest absolute Gasteiger partial charge is 0.338 e. The molecule has 0 saturated carbocycles. The summed E-state index contributed by atoms with van der Waals surface area (Å²) in [5.74, 6) is -1.10. The second kappa shape index (κ2) is 10.8. The maximum Gasteiger partial charge on any atom is 0.338 e. The minimum Gasteiger partial charge on any atom is -0.483 e. The number of nitrogens with zero attached hydrogens (tertiary/aromatic N) is 1. The van der Waals surface area contributed by atoms with Crippen LogP contribution in [0.5, 0.6) is 5.75 Å². The van der Waals surface area contributed by atoms with Gasteiger partial charge in [-0.25, -0.2) is 9.59 Å². The van der Waals surface area contributed by atoms with E-state index in [0.29, 0.717) is 32.1 Å². The average Bonchev–Trinajstić information content (AvgIpc) is 2.80. The number of anilines is 1. The number of carbonyl (C=O) groups is 3. The van der Waals surface area contributed by atoms with Crippen LogP contribution in [-0.2, 0) is 14.3 Å². The Labute approximate surface area is 207 Å². The zero-order valence-corrected chi connectivity index (χ0v) is 20.6. The molecule has 3 aromatic rings. The van der Waals surface area contributed by atoms with Crippen LogP contribution in [0.4, 0.5) is 5.69 Å². The lowest BCUT2D eigenvalue weighted by Gasteiger charge is -2.21. The van der Waals surface area contributed by atoms with Crippen LogP contribution >= 0.6 is 23.2 Å². The molecule has 1 amide bonds. The first-order valence-corrected chi connectivity index (χ1v) is 11.1. The Balaban J connectivity index is 1.86. The molecule has 0 bridgehead atoms. The SMILES string of the molecule is CCOC(=O)c1ccc(N(C)C(=O)COc2cc(C(=O)OC)cc3cc(Cl)cc(Cl)c23)c(C)c1. The number of methoxy groups -OCH3 is 1. The van der Waals surface area contributed by atoms with E-state index in [1.807, 2.05) is 0 Å². The molecule has 0 heterocycles. The molecule has 34 heavy (non-hydrogen) atoms. The molecule has 0 aliphatic heterocycles. The van der Waals surface area contributed by atoms with Gasteiger partial charge in [0.1, 0.15) is 5.75 Å². The van der Waals surface area contributed by atoms with Crippen molar-refractivity contribution in [3.8, 4) is 5.75 Å². The van der Waals surface area contributed by atoms with Crippen molar-refractivity contribution in [3.63, 3.8) is 0 Å². The molecule has 0 N–H and O–H groups in total. The number of benzene rings is 3. The van der Waals surface area contributed by atoms with Crippen molar-refractivity contribution in [2.24, 2.45) is 0 Å². The number of amides is 1. The summed E-state index contributed by atoms with van der Waals surface area (Å²) >= 11 is 12.5. The Morgan fingerprint density at radius 2 is 1.71 bits per heavy atom. The third-order valence-electron chi connectivity index (χ3n) is 5.15. The summed E-state index contributed by atoms with van der Waals surface area (Å²) in [6, 6.07) is 11.2. The Morgan fingerprint density at radius 1 is 0.971 bits per heavy atom. The summed E-state index contributed by atoms with van der Waals surface area (Å²) in [6.07, 6.45) is 0. The van der Waals surface area contributed by atoms with Gasteiger partial charge in [0.15, 0.2) is 6.61 Å². The van der Waals surface area contributed by atoms with E-state index in [4.69, 9.17) is 37.4 Å². The summed E-state index contributed by atoms with van der Waals surface area (Å²) in [4.78, 5) is 38.4. The van der Waals surface area contributed by atoms with Gasteiger partial charge in [0.25, 0.3) is 5.91 Å². The molecule has 0 radical (unpaired) electrons. The predicted molar refractivity (Wildman–Crippen MR) is 131 cm³/mol. The van der Waals surface area contributed by atoms with Crippen molar-refractivity contribution in [1.29, 1.82) is 0 Å². The fraction of sp³-hybridized carbons (Fsp3) is 0.240. The van der Waals surface area contributed by atoms with Crippen molar-refractivity contribution in [3.05, 3.63) is 69.2 Å². The van der Waals surface area contributed by atoms with Crippen LogP contribution in [0, 0.1) is 6.92 Å². The second-order valence-corrected chi connectivity index (χ2v) is 8.26. The number of likely N-dealkylation sites (N-methyl/N-ethyl adjacent to an activating group) is 1. The average molecular weight is 504 g/mol. The number of ether oxygens (including phenoxy) is 3. The largest absolute Gasteiger partial charge is 0.483 e. The normalized spacial score (nSPS) is 10.6. The summed E-state index contributed by atoms with van der Waals surface area (Å²) in [7, 11) is 2.87. The molecule has 7 nitrogen and oxygen atoms in total. The van der Waals surface area contributed by atoms with Gasteiger partial charge in [-0.05, 0) is 67.3 Å². The molecule has 0 saturated heterocycles. The summed E-state index contributed by atoms with van der Waals surface area (Å²) in [5.41, 5.74) is 1.96. The zero-order chi connectivity index (χ0) is 25.0. The third-order valence-corrected chi connectivity index (χ3v) is 5.66. The number of esters is 2. The monoisotopic (exact) mass is 503 g/mol. The molecule has 0 spiro atoms. The third kappa shape index (κ3) is 5.43. The summed E-state index contributed by atoms with van der Waals surface area (Å²) in [6.45, 7) is 3.47. The topological polar surface area (TPSA) is 82.1 Å². The van der Waals surface area contributed by atoms with E-state index in [-0.39, 0.29) is 30.4 Å². The molecular weight excluding hydrogens is 481 g/mol. The van der Waals surface area contributed by atoms with Crippen LogP contribution in [0.25, 0.3) is 10.8 Å². The van der Waals surface area contributed by atoms with Crippen molar-refractivity contribution in [1.82, 2.24) is 0 Å². The van der Waals surface area contributed by atoms with E-state index in [0.717, 1.165) is 5.56 Å². The van der Waals surface area contributed by atoms with Crippen LogP contribution in [-0.4, -0.2) is 45.2 Å². The maximum atomic E-state index is 12.9. The van der Waals surface area contributed by atoms with Gasteiger partial charge < -0.3 is 19.1 Å². The van der Waals surface area contributed by atoms with Crippen LogP contribution < -0.4 is 9.64 Å². The lowest BCUT2D eigenvalue weighted by atomic mass is 10.1. The summed E-state index contributed by atoms with van der Waals surface area (Å²) in [5, 5.41) is 1.80. The maximum absolute atomic E-state index is 12.9. The molecule has 9 heteroatoms. The highest BCUT2D eigenvalue weighted by Crippen LogP contribution is 2.36. The molecule has 0 aliphatic rings. The number of hydrogen-bond donors (Lipinski definition) is 0. The fourth-order valence-corrected chi connectivity index (χ4v) is 4.09. The lowest BCUT2D eigenvalue weighted by molar-refractivity contribution is -0.120. The second-order valence-electron chi connectivity index (χ2n) is 7.41. The number of hydrogen-bond acceptors (Lipinski definition) is 6. The minimum atomic E-state index is -0.566. The Bertz CT molecular complexity index is 1270. The van der Waals surface area contributed by atoms with Crippen molar-refractivity contribution in [2.75, 3.05) is 32.3 Å². The van der Waals surface area contributed by atoms with E-state index in [2.05, 4.69) is 0 Å². The number of halogens is 2. The highest BCUT2D eigenvalue weighted by atomic mass is 35.5. The number of aryl methyl sites for hydroxylation is 1. The molecule has 3 rings (SSSR count). The number of carbonyl (C=O) groups excluding carboxylic acids is 3. The molecule has 0 atom stereocenters. The van der Waals surface area contributed by atoms with E-state index < -0.39 is 11.9 Å². The van der Waals surface area contributed by atoms with Gasteiger partial charge in [0.05, 0.1) is 29.9 Å². The van der Waals surface area contributed by atoms with Crippen LogP contribution in [0.2, 0.25) is 10.0 Å². The van der Waals surface area contributed by atoms with Crippen molar-refractivity contribution in [2.45, 2.75) is 13.8 Å². The van der Waals surface area contributed by atoms with Gasteiger partial charge in [-0.2, -0.15) is 0 Å². The molecular formula is C25H23Cl2NO6. The van der Waals surface area contributed by atoms with E-state index in [1.54, 1.807) is 57.3 Å². The predicted octanol–water partition coefficient (Wildman–Crippen LogP) is 5.46. The van der Waals surface area contributed by atoms with E-state index in [9.17, 15) is 14.4 Å². The Kier molecular flexibility index (Phi) is 8.02. The van der Waals surface area contributed by atoms with Gasteiger partial charge in [0, 0.05) is 23.1 Å². The van der Waals surface area contributed by atoms with Crippen molar-refractivity contribution < 1.29 is 28.6 Å². The van der Waals surface area contributed by atoms with Gasteiger partial charge >= 0.3 is 11.9 Å². The zero-order valence-electron chi connectivity index (χ0n) is 19.1. The van der Waals surface area contributed by atoms with Crippen molar-refractivity contribution >= 4 is 57.5 Å². The van der Waals surface area contributed by atoms with Gasteiger partial charge in [-0.3, -0.25) is 4.79 Å². The first-order chi connectivity index (χ1) is 16.2. The first kappa shape index (κ1) is 25.3. The molecule has 178 valence electrons. The Hall–Kier alpha value is -3.29. The fourth-order valence-electron chi connectivity index (χ4n) is 3.48. The summed E-state index contributed by atoms with van der Waals surface area (Å²) < 4.78 is 15.6. The van der Waals surface area contributed by atoms with Crippen LogP contribution in [0.3, 0.4) is 0 Å². The van der Waals surface area contributed by atoms with Crippen LogP contribution in [0.1, 0.15) is 33.2 Å². The highest BCUT2D eigenvalue weighted by molar-refractivity contribution is 6.39. The molecule has 0 aromatic heterocycles. The molecule has 0 fully saturated rings. The quantitative estimate of drug-likeness (QED) is 0.398. The van der Waals surface area contributed by atoms with Gasteiger partial charge in [-0.15, -0.1) is 0 Å². The number of fused-ring (bicyclic) bond motifs is 1. The van der Waals surface area contributed by atoms with E-state index in [1.165, 1.54) is 18.1 Å². The molecule has 0 aliphatic carbocycles. The first-order valence-electron chi connectivity index (χ1n) is 10.3. The number of rotatable bonds is 7. The van der Waals surface area contributed by atoms with Gasteiger partial charge in [0.2, 0.25) is 0 Å². The highest BCUT2D eigenvalue weighted by Gasteiger charge is 2.19. The van der Waals surface area contributed by atoms with E-state index >= 15 is 0 Å². The molecule has 3 aromatic carbocycles. The lowest BCUT2D eigenvalue weighted by Crippen LogP contribution is -2.32. The standard InChI is InChI=1S/C25H23Cl2NO6/c1-5-33-25(31)15-6-7-20(14(2)8-15)28(3)22(29)13-34-21-11-17(24(30)32-4)9-16-10-18(26)12-19(27)23(16)21/h6-12H,5,13H2,1-4H3. The molecule has 0 unspecified atom stereocenters. The van der Waals surface area contributed by atoms with Crippen LogP contribution in [0.15, 0.2) is 42.5 Å².